The Bertz CT molecular complexity index is 622. The van der Waals surface area contributed by atoms with Crippen LogP contribution in [-0.4, -0.2) is 12.5 Å². The summed E-state index contributed by atoms with van der Waals surface area (Å²) < 4.78 is 0. The lowest BCUT2D eigenvalue weighted by Gasteiger charge is -2.20. The molecule has 1 atom stereocenters. The molecule has 1 aromatic carbocycles. The van der Waals surface area contributed by atoms with Gasteiger partial charge in [0.05, 0.1) is 6.04 Å². The van der Waals surface area contributed by atoms with E-state index in [1.165, 1.54) is 16.1 Å². The van der Waals surface area contributed by atoms with Gasteiger partial charge in [-0.25, -0.2) is 0 Å². The lowest BCUT2D eigenvalue weighted by atomic mass is 10.0. The van der Waals surface area contributed by atoms with Crippen molar-refractivity contribution in [3.05, 3.63) is 51.7 Å². The molecule has 1 amide bonds. The van der Waals surface area contributed by atoms with Gasteiger partial charge >= 0.3 is 0 Å². The van der Waals surface area contributed by atoms with Crippen LogP contribution in [-0.2, 0) is 6.42 Å². The number of fused-ring (bicyclic) bond motifs is 1. The second kappa shape index (κ2) is 6.31. The fourth-order valence-corrected chi connectivity index (χ4v) is 3.58. The Morgan fingerprint density at radius 3 is 3.10 bits per heavy atom. The van der Waals surface area contributed by atoms with Crippen LogP contribution in [0.1, 0.15) is 46.6 Å². The second-order valence-corrected chi connectivity index (χ2v) is 6.33. The van der Waals surface area contributed by atoms with E-state index >= 15 is 0 Å². The first-order valence-corrected chi connectivity index (χ1v) is 8.37. The fraction of sp³-hybridized carbons (Fsp3) is 0.353. The van der Waals surface area contributed by atoms with Crippen molar-refractivity contribution in [1.82, 2.24) is 5.32 Å². The highest BCUT2D eigenvalue weighted by molar-refractivity contribution is 7.10. The van der Waals surface area contributed by atoms with Crippen molar-refractivity contribution in [2.24, 2.45) is 0 Å². The Morgan fingerprint density at radius 1 is 1.43 bits per heavy atom. The average Bonchev–Trinajstić information content (AvgIpc) is 3.06. The molecule has 4 heteroatoms. The molecule has 3 nitrogen and oxygen atoms in total. The molecule has 0 radical (unpaired) electrons. The summed E-state index contributed by atoms with van der Waals surface area (Å²) in [4.78, 5) is 13.7. The second-order valence-electron chi connectivity index (χ2n) is 5.35. The van der Waals surface area contributed by atoms with Crippen LogP contribution in [0.5, 0.6) is 0 Å². The maximum absolute atomic E-state index is 12.5. The summed E-state index contributed by atoms with van der Waals surface area (Å²) in [6.45, 7) is 3.12. The van der Waals surface area contributed by atoms with Gasteiger partial charge in [0.25, 0.3) is 5.91 Å². The molecule has 21 heavy (non-hydrogen) atoms. The van der Waals surface area contributed by atoms with Crippen molar-refractivity contribution >= 4 is 22.9 Å². The molecule has 110 valence electrons. The molecule has 0 saturated carbocycles. The first-order chi connectivity index (χ1) is 10.3. The summed E-state index contributed by atoms with van der Waals surface area (Å²) >= 11 is 1.69. The molecule has 0 spiro atoms. The van der Waals surface area contributed by atoms with Gasteiger partial charge in [0.2, 0.25) is 0 Å². The zero-order valence-corrected chi connectivity index (χ0v) is 13.0. The van der Waals surface area contributed by atoms with Gasteiger partial charge < -0.3 is 10.6 Å². The van der Waals surface area contributed by atoms with Crippen molar-refractivity contribution in [2.45, 2.75) is 32.2 Å². The Hall–Kier alpha value is -1.81. The minimum absolute atomic E-state index is 0.0172. The van der Waals surface area contributed by atoms with Gasteiger partial charge in [-0.3, -0.25) is 4.79 Å². The number of carbonyl (C=O) groups is 1. The van der Waals surface area contributed by atoms with Gasteiger partial charge in [0.15, 0.2) is 0 Å². The minimum atomic E-state index is 0.0172. The molecule has 0 bridgehead atoms. The number of aryl methyl sites for hydroxylation is 1. The van der Waals surface area contributed by atoms with E-state index in [2.05, 4.69) is 29.0 Å². The standard InChI is InChI=1S/C17H20N2OS/c1-2-14(16-6-4-10-21-16)19-17(20)13-7-8-15-12(11-13)5-3-9-18-15/h4,6-8,10-11,14,18H,2-3,5,9H2,1H3,(H,19,20). The SMILES string of the molecule is CCC(NC(=O)c1ccc2c(c1)CCCN2)c1cccs1. The third kappa shape index (κ3) is 3.10. The van der Waals surface area contributed by atoms with Crippen LogP contribution in [0.2, 0.25) is 0 Å². The summed E-state index contributed by atoms with van der Waals surface area (Å²) in [5.41, 5.74) is 3.17. The van der Waals surface area contributed by atoms with Gasteiger partial charge in [0, 0.05) is 22.7 Å². The first kappa shape index (κ1) is 14.1. The molecular formula is C17H20N2OS. The normalized spacial score (nSPS) is 14.9. The maximum Gasteiger partial charge on any atom is 0.251 e. The molecule has 2 N–H and O–H groups in total. The van der Waals surface area contributed by atoms with E-state index in [0.29, 0.717) is 0 Å². The van der Waals surface area contributed by atoms with Crippen LogP contribution in [0.3, 0.4) is 0 Å². The molecule has 0 aliphatic carbocycles. The number of hydrogen-bond donors (Lipinski definition) is 2. The van der Waals surface area contributed by atoms with Gasteiger partial charge in [-0.05, 0) is 54.5 Å². The molecule has 0 saturated heterocycles. The van der Waals surface area contributed by atoms with Crippen molar-refractivity contribution in [2.75, 3.05) is 11.9 Å². The molecular weight excluding hydrogens is 280 g/mol. The monoisotopic (exact) mass is 300 g/mol. The Kier molecular flexibility index (Phi) is 4.25. The number of benzene rings is 1. The third-order valence-electron chi connectivity index (χ3n) is 3.91. The van der Waals surface area contributed by atoms with Crippen molar-refractivity contribution in [1.29, 1.82) is 0 Å². The summed E-state index contributed by atoms with van der Waals surface area (Å²) in [5.74, 6) is 0.0172. The van der Waals surface area contributed by atoms with E-state index in [1.54, 1.807) is 11.3 Å². The number of hydrogen-bond acceptors (Lipinski definition) is 3. The quantitative estimate of drug-likeness (QED) is 0.896. The van der Waals surface area contributed by atoms with E-state index in [0.717, 1.165) is 31.4 Å². The van der Waals surface area contributed by atoms with Crippen LogP contribution in [0, 0.1) is 0 Å². The topological polar surface area (TPSA) is 41.1 Å². The summed E-state index contributed by atoms with van der Waals surface area (Å²) in [6.07, 6.45) is 3.08. The fourth-order valence-electron chi connectivity index (χ4n) is 2.72. The van der Waals surface area contributed by atoms with E-state index in [1.807, 2.05) is 24.3 Å². The van der Waals surface area contributed by atoms with E-state index in [4.69, 9.17) is 0 Å². The molecule has 3 rings (SSSR count). The third-order valence-corrected chi connectivity index (χ3v) is 4.89. The Balaban J connectivity index is 1.75. The molecule has 1 aliphatic heterocycles. The summed E-state index contributed by atoms with van der Waals surface area (Å²) in [5, 5.41) is 8.57. The van der Waals surface area contributed by atoms with E-state index in [-0.39, 0.29) is 11.9 Å². The van der Waals surface area contributed by atoms with Crippen LogP contribution >= 0.6 is 11.3 Å². The average molecular weight is 300 g/mol. The van der Waals surface area contributed by atoms with Gasteiger partial charge in [0.1, 0.15) is 0 Å². The number of amides is 1. The van der Waals surface area contributed by atoms with Crippen LogP contribution < -0.4 is 10.6 Å². The number of nitrogens with one attached hydrogen (secondary N) is 2. The van der Waals surface area contributed by atoms with E-state index in [9.17, 15) is 4.79 Å². The lowest BCUT2D eigenvalue weighted by molar-refractivity contribution is 0.0936. The molecule has 1 unspecified atom stereocenters. The smallest absolute Gasteiger partial charge is 0.251 e. The minimum Gasteiger partial charge on any atom is -0.385 e. The van der Waals surface area contributed by atoms with Crippen LogP contribution in [0.4, 0.5) is 5.69 Å². The van der Waals surface area contributed by atoms with Gasteiger partial charge in [-0.1, -0.05) is 13.0 Å². The number of carbonyl (C=O) groups excluding carboxylic acids is 1. The zero-order chi connectivity index (χ0) is 14.7. The predicted molar refractivity (Wildman–Crippen MR) is 88.1 cm³/mol. The van der Waals surface area contributed by atoms with Crippen LogP contribution in [0.15, 0.2) is 35.7 Å². The van der Waals surface area contributed by atoms with Crippen molar-refractivity contribution in [3.63, 3.8) is 0 Å². The zero-order valence-electron chi connectivity index (χ0n) is 12.2. The largest absolute Gasteiger partial charge is 0.385 e. The highest BCUT2D eigenvalue weighted by atomic mass is 32.1. The first-order valence-electron chi connectivity index (χ1n) is 7.49. The molecule has 1 aliphatic rings. The number of rotatable bonds is 4. The predicted octanol–water partition coefficient (Wildman–Crippen LogP) is 3.99. The Labute approximate surface area is 129 Å². The van der Waals surface area contributed by atoms with Crippen molar-refractivity contribution < 1.29 is 4.79 Å². The highest BCUT2D eigenvalue weighted by Gasteiger charge is 2.16. The number of anilines is 1. The molecule has 1 aromatic heterocycles. The van der Waals surface area contributed by atoms with Crippen LogP contribution in [0.25, 0.3) is 0 Å². The number of thiophene rings is 1. The maximum atomic E-state index is 12.5. The molecule has 2 aromatic rings. The van der Waals surface area contributed by atoms with Crippen molar-refractivity contribution in [3.8, 4) is 0 Å². The Morgan fingerprint density at radius 2 is 2.33 bits per heavy atom. The highest BCUT2D eigenvalue weighted by Crippen LogP contribution is 2.25. The van der Waals surface area contributed by atoms with E-state index < -0.39 is 0 Å². The summed E-state index contributed by atoms with van der Waals surface area (Å²) in [7, 11) is 0. The lowest BCUT2D eigenvalue weighted by Crippen LogP contribution is -2.28. The molecule has 0 fully saturated rings. The molecule has 2 heterocycles. The van der Waals surface area contributed by atoms with Gasteiger partial charge in [-0.15, -0.1) is 11.3 Å². The summed E-state index contributed by atoms with van der Waals surface area (Å²) in [6, 6.07) is 10.2. The van der Waals surface area contributed by atoms with Gasteiger partial charge in [-0.2, -0.15) is 0 Å².